The van der Waals surface area contributed by atoms with Crippen molar-refractivity contribution in [2.24, 2.45) is 0 Å². The van der Waals surface area contributed by atoms with Gasteiger partial charge in [-0.25, -0.2) is 4.98 Å². The number of nitrogens with zero attached hydrogens (tertiary/aromatic N) is 4. The molecule has 0 saturated carbocycles. The van der Waals surface area contributed by atoms with E-state index in [1.807, 2.05) is 54.6 Å². The summed E-state index contributed by atoms with van der Waals surface area (Å²) >= 11 is 0. The number of aromatic nitrogens is 4. The Morgan fingerprint density at radius 1 is 0.964 bits per heavy atom. The molecule has 28 heavy (non-hydrogen) atoms. The van der Waals surface area contributed by atoms with Gasteiger partial charge in [0.25, 0.3) is 0 Å². The van der Waals surface area contributed by atoms with E-state index in [-0.39, 0.29) is 5.78 Å². The first-order valence-corrected chi connectivity index (χ1v) is 9.66. The number of hydrogen-bond acceptors (Lipinski definition) is 5. The first kappa shape index (κ1) is 18.1. The van der Waals surface area contributed by atoms with Gasteiger partial charge >= 0.3 is 0 Å². The molecule has 0 amide bonds. The topological polar surface area (TPSA) is 72.2 Å². The highest BCUT2D eigenvalue weighted by molar-refractivity contribution is 5.85. The first-order valence-electron chi connectivity index (χ1n) is 9.66. The van der Waals surface area contributed by atoms with Crippen molar-refractivity contribution in [1.29, 1.82) is 0 Å². The molecular formula is C22H23N5O. The quantitative estimate of drug-likeness (QED) is 0.460. The number of unbranched alkanes of at least 4 members (excludes halogenated alkanes) is 2. The molecule has 6 heteroatoms. The summed E-state index contributed by atoms with van der Waals surface area (Å²) < 4.78 is 2.07. The van der Waals surface area contributed by atoms with Gasteiger partial charge in [-0.2, -0.15) is 0 Å². The summed E-state index contributed by atoms with van der Waals surface area (Å²) in [5, 5.41) is 12.3. The Labute approximate surface area is 163 Å². The summed E-state index contributed by atoms with van der Waals surface area (Å²) in [4.78, 5) is 15.8. The maximum atomic E-state index is 11.0. The maximum absolute atomic E-state index is 11.0. The van der Waals surface area contributed by atoms with Gasteiger partial charge in [-0.3, -0.25) is 4.40 Å². The van der Waals surface area contributed by atoms with Crippen molar-refractivity contribution in [2.45, 2.75) is 32.6 Å². The summed E-state index contributed by atoms with van der Waals surface area (Å²) in [6, 6.07) is 18.1. The number of carbonyl (C=O) groups is 1. The average Bonchev–Trinajstić information content (AvgIpc) is 3.16. The molecule has 6 nitrogen and oxygen atoms in total. The lowest BCUT2D eigenvalue weighted by molar-refractivity contribution is -0.117. The standard InChI is InChI=1S/C22H23N5O/c1-16(28)10-4-3-9-15-23-20-22-26-25-21(17-11-5-2-6-12-17)27(22)19-14-8-7-13-18(19)24-20/h2,5-8,11-14H,3-4,9-10,15H2,1H3,(H,23,24). The van der Waals surface area contributed by atoms with Crippen LogP contribution in [-0.2, 0) is 4.79 Å². The highest BCUT2D eigenvalue weighted by Gasteiger charge is 2.15. The van der Waals surface area contributed by atoms with Crippen LogP contribution in [0.15, 0.2) is 54.6 Å². The minimum atomic E-state index is 0.253. The molecule has 0 atom stereocenters. The van der Waals surface area contributed by atoms with Crippen molar-refractivity contribution in [3.63, 3.8) is 0 Å². The number of para-hydroxylation sites is 2. The van der Waals surface area contributed by atoms with Gasteiger partial charge < -0.3 is 10.1 Å². The van der Waals surface area contributed by atoms with Gasteiger partial charge in [0.15, 0.2) is 11.6 Å². The lowest BCUT2D eigenvalue weighted by atomic mass is 10.1. The van der Waals surface area contributed by atoms with E-state index in [9.17, 15) is 4.79 Å². The second kappa shape index (κ2) is 8.17. The van der Waals surface area contributed by atoms with Gasteiger partial charge in [0.1, 0.15) is 5.78 Å². The van der Waals surface area contributed by atoms with E-state index in [0.29, 0.717) is 6.42 Å². The zero-order valence-electron chi connectivity index (χ0n) is 15.9. The Morgan fingerprint density at radius 2 is 1.75 bits per heavy atom. The summed E-state index contributed by atoms with van der Waals surface area (Å²) in [6.45, 7) is 2.43. The minimum Gasteiger partial charge on any atom is -0.367 e. The van der Waals surface area contributed by atoms with Crippen LogP contribution in [0.5, 0.6) is 0 Å². The molecule has 2 aromatic heterocycles. The van der Waals surface area contributed by atoms with Crippen LogP contribution in [0.4, 0.5) is 5.82 Å². The van der Waals surface area contributed by atoms with Crippen LogP contribution in [0.3, 0.4) is 0 Å². The Kier molecular flexibility index (Phi) is 5.28. The summed E-state index contributed by atoms with van der Waals surface area (Å²) in [5.41, 5.74) is 3.61. The Morgan fingerprint density at radius 3 is 2.57 bits per heavy atom. The van der Waals surface area contributed by atoms with E-state index in [0.717, 1.165) is 59.7 Å². The number of rotatable bonds is 8. The second-order valence-electron chi connectivity index (χ2n) is 6.94. The number of anilines is 1. The van der Waals surface area contributed by atoms with E-state index in [1.165, 1.54) is 0 Å². The molecular weight excluding hydrogens is 350 g/mol. The molecule has 0 saturated heterocycles. The van der Waals surface area contributed by atoms with Crippen LogP contribution in [0, 0.1) is 0 Å². The molecule has 0 aliphatic rings. The van der Waals surface area contributed by atoms with E-state index in [4.69, 9.17) is 4.98 Å². The smallest absolute Gasteiger partial charge is 0.204 e. The third-order valence-corrected chi connectivity index (χ3v) is 4.76. The molecule has 0 bridgehead atoms. The first-order chi connectivity index (χ1) is 13.7. The maximum Gasteiger partial charge on any atom is 0.204 e. The predicted octanol–water partition coefficient (Wildman–Crippen LogP) is 4.51. The summed E-state index contributed by atoms with van der Waals surface area (Å²) in [5.74, 6) is 1.79. The van der Waals surface area contributed by atoms with Crippen molar-refractivity contribution in [3.8, 4) is 11.4 Å². The van der Waals surface area contributed by atoms with E-state index in [1.54, 1.807) is 6.92 Å². The van der Waals surface area contributed by atoms with Crippen LogP contribution >= 0.6 is 0 Å². The molecule has 0 aliphatic carbocycles. The summed E-state index contributed by atoms with van der Waals surface area (Å²) in [7, 11) is 0. The van der Waals surface area contributed by atoms with Crippen LogP contribution in [-0.4, -0.2) is 31.9 Å². The van der Waals surface area contributed by atoms with Crippen molar-refractivity contribution in [3.05, 3.63) is 54.6 Å². The Hall–Kier alpha value is -3.28. The van der Waals surface area contributed by atoms with Gasteiger partial charge in [-0.15, -0.1) is 10.2 Å². The van der Waals surface area contributed by atoms with Gasteiger partial charge in [0.05, 0.1) is 11.0 Å². The van der Waals surface area contributed by atoms with Crippen molar-refractivity contribution < 1.29 is 4.79 Å². The minimum absolute atomic E-state index is 0.253. The van der Waals surface area contributed by atoms with Crippen molar-refractivity contribution in [1.82, 2.24) is 19.6 Å². The predicted molar refractivity (Wildman–Crippen MR) is 111 cm³/mol. The lowest BCUT2D eigenvalue weighted by Crippen LogP contribution is -2.07. The number of nitrogens with one attached hydrogen (secondary N) is 1. The fraction of sp³-hybridized carbons (Fsp3) is 0.273. The molecule has 4 aromatic rings. The molecule has 1 N–H and O–H groups in total. The van der Waals surface area contributed by atoms with E-state index < -0.39 is 0 Å². The molecule has 2 aromatic carbocycles. The Bertz CT molecular complexity index is 1100. The van der Waals surface area contributed by atoms with E-state index in [2.05, 4.69) is 19.9 Å². The number of fused-ring (bicyclic) bond motifs is 3. The van der Waals surface area contributed by atoms with Gasteiger partial charge in [-0.1, -0.05) is 48.9 Å². The lowest BCUT2D eigenvalue weighted by Gasteiger charge is -2.10. The third-order valence-electron chi connectivity index (χ3n) is 4.76. The molecule has 0 spiro atoms. The molecule has 2 heterocycles. The average molecular weight is 373 g/mol. The number of Topliss-reactive ketones (excluding diaryl/α,β-unsaturated/α-hetero) is 1. The number of benzene rings is 2. The normalized spacial score (nSPS) is 11.2. The monoisotopic (exact) mass is 373 g/mol. The van der Waals surface area contributed by atoms with Crippen LogP contribution in [0.25, 0.3) is 28.1 Å². The van der Waals surface area contributed by atoms with Crippen LogP contribution in [0.1, 0.15) is 32.6 Å². The molecule has 0 unspecified atom stereocenters. The van der Waals surface area contributed by atoms with Gasteiger partial charge in [0, 0.05) is 18.5 Å². The largest absolute Gasteiger partial charge is 0.367 e. The van der Waals surface area contributed by atoms with Crippen LogP contribution < -0.4 is 5.32 Å². The zero-order chi connectivity index (χ0) is 19.3. The highest BCUT2D eigenvalue weighted by Crippen LogP contribution is 2.26. The highest BCUT2D eigenvalue weighted by atomic mass is 16.1. The van der Waals surface area contributed by atoms with Crippen LogP contribution in [0.2, 0.25) is 0 Å². The molecule has 0 aliphatic heterocycles. The Balaban J connectivity index is 1.65. The zero-order valence-corrected chi connectivity index (χ0v) is 15.9. The number of ketones is 1. The van der Waals surface area contributed by atoms with Crippen molar-refractivity contribution in [2.75, 3.05) is 11.9 Å². The molecule has 0 fully saturated rings. The van der Waals surface area contributed by atoms with Gasteiger partial charge in [-0.05, 0) is 31.9 Å². The van der Waals surface area contributed by atoms with Crippen molar-refractivity contribution >= 4 is 28.3 Å². The summed E-state index contributed by atoms with van der Waals surface area (Å²) in [6.07, 6.45) is 3.58. The van der Waals surface area contributed by atoms with Gasteiger partial charge in [0.2, 0.25) is 5.65 Å². The molecule has 4 rings (SSSR count). The third kappa shape index (κ3) is 3.71. The number of hydrogen-bond donors (Lipinski definition) is 1. The fourth-order valence-corrected chi connectivity index (χ4v) is 3.36. The fourth-order valence-electron chi connectivity index (χ4n) is 3.36. The number of carbonyl (C=O) groups excluding carboxylic acids is 1. The second-order valence-corrected chi connectivity index (χ2v) is 6.94. The molecule has 142 valence electrons. The SMILES string of the molecule is CC(=O)CCCCCNc1nc2ccccc2n2c(-c3ccccc3)nnc12. The van der Waals surface area contributed by atoms with E-state index >= 15 is 0 Å². The molecule has 0 radical (unpaired) electrons.